The van der Waals surface area contributed by atoms with E-state index in [0.717, 1.165) is 5.39 Å². The van der Waals surface area contributed by atoms with E-state index in [1.54, 1.807) is 54.6 Å². The van der Waals surface area contributed by atoms with Gasteiger partial charge >= 0.3 is 0 Å². The van der Waals surface area contributed by atoms with Crippen LogP contribution in [0.3, 0.4) is 0 Å². The van der Waals surface area contributed by atoms with Gasteiger partial charge < -0.3 is 0 Å². The van der Waals surface area contributed by atoms with E-state index in [2.05, 4.69) is 4.98 Å². The minimum absolute atomic E-state index is 0.161. The molecule has 3 aromatic carbocycles. The van der Waals surface area contributed by atoms with E-state index in [-0.39, 0.29) is 11.6 Å². The molecule has 1 heterocycles. The van der Waals surface area contributed by atoms with Crippen LogP contribution >= 0.6 is 11.6 Å². The molecular formula is C20H11ClFNO. The highest BCUT2D eigenvalue weighted by molar-refractivity contribution is 6.31. The number of halogens is 2. The van der Waals surface area contributed by atoms with E-state index in [1.807, 2.05) is 6.07 Å². The lowest BCUT2D eigenvalue weighted by Crippen LogP contribution is -2.03. The third-order valence-electron chi connectivity index (χ3n) is 3.96. The first-order chi connectivity index (χ1) is 11.6. The number of hydrogen-bond donors (Lipinski definition) is 0. The van der Waals surface area contributed by atoms with Gasteiger partial charge in [0.2, 0.25) is 0 Å². The number of hydrogen-bond acceptors (Lipinski definition) is 2. The SMILES string of the molecule is O=C(c1cccc(Cl)c1)c1cccc2cc3c(F)cccc3nc12. The van der Waals surface area contributed by atoms with Crippen LogP contribution in [-0.2, 0) is 0 Å². The summed E-state index contributed by atoms with van der Waals surface area (Å²) in [4.78, 5) is 17.4. The van der Waals surface area contributed by atoms with E-state index >= 15 is 0 Å². The summed E-state index contributed by atoms with van der Waals surface area (Å²) in [5.41, 5.74) is 2.05. The molecule has 0 atom stereocenters. The van der Waals surface area contributed by atoms with Gasteiger partial charge in [-0.05, 0) is 36.4 Å². The van der Waals surface area contributed by atoms with Crippen molar-refractivity contribution < 1.29 is 9.18 Å². The monoisotopic (exact) mass is 335 g/mol. The molecule has 0 radical (unpaired) electrons. The second-order valence-corrected chi connectivity index (χ2v) is 5.95. The van der Waals surface area contributed by atoms with Crippen molar-refractivity contribution >= 4 is 39.2 Å². The number of nitrogens with zero attached hydrogens (tertiary/aromatic N) is 1. The lowest BCUT2D eigenvalue weighted by molar-refractivity contribution is 0.104. The highest BCUT2D eigenvalue weighted by atomic mass is 35.5. The lowest BCUT2D eigenvalue weighted by Gasteiger charge is -2.08. The Morgan fingerprint density at radius 1 is 0.958 bits per heavy atom. The third kappa shape index (κ3) is 2.43. The second kappa shape index (κ2) is 5.69. The van der Waals surface area contributed by atoms with Gasteiger partial charge in [0.1, 0.15) is 5.82 Å². The molecule has 0 aliphatic rings. The Morgan fingerprint density at radius 3 is 2.58 bits per heavy atom. The van der Waals surface area contributed by atoms with E-state index in [9.17, 15) is 9.18 Å². The van der Waals surface area contributed by atoms with Crippen LogP contribution in [0.4, 0.5) is 4.39 Å². The lowest BCUT2D eigenvalue weighted by atomic mass is 9.99. The van der Waals surface area contributed by atoms with Gasteiger partial charge in [-0.2, -0.15) is 0 Å². The van der Waals surface area contributed by atoms with Gasteiger partial charge in [-0.15, -0.1) is 0 Å². The molecule has 0 unspecified atom stereocenters. The molecule has 2 nitrogen and oxygen atoms in total. The molecule has 4 heteroatoms. The van der Waals surface area contributed by atoms with Crippen molar-refractivity contribution in [2.45, 2.75) is 0 Å². The summed E-state index contributed by atoms with van der Waals surface area (Å²) in [6.07, 6.45) is 0. The fourth-order valence-corrected chi connectivity index (χ4v) is 3.00. The van der Waals surface area contributed by atoms with Gasteiger partial charge in [0.15, 0.2) is 5.78 Å². The van der Waals surface area contributed by atoms with Crippen molar-refractivity contribution in [3.05, 3.63) is 88.7 Å². The van der Waals surface area contributed by atoms with Crippen LogP contribution < -0.4 is 0 Å². The minimum Gasteiger partial charge on any atom is -0.289 e. The Morgan fingerprint density at radius 2 is 1.75 bits per heavy atom. The van der Waals surface area contributed by atoms with Crippen molar-refractivity contribution in [1.82, 2.24) is 4.98 Å². The van der Waals surface area contributed by atoms with E-state index < -0.39 is 0 Å². The number of benzene rings is 3. The molecule has 0 amide bonds. The highest BCUT2D eigenvalue weighted by Crippen LogP contribution is 2.26. The average molecular weight is 336 g/mol. The summed E-state index contributed by atoms with van der Waals surface area (Å²) < 4.78 is 14.0. The van der Waals surface area contributed by atoms with Crippen molar-refractivity contribution in [1.29, 1.82) is 0 Å². The molecule has 0 N–H and O–H groups in total. The van der Waals surface area contributed by atoms with Crippen LogP contribution in [0.25, 0.3) is 21.8 Å². The normalized spacial score (nSPS) is 11.1. The molecule has 0 spiro atoms. The standard InChI is InChI=1S/C20H11ClFNO/c21-14-6-1-5-13(10-14)20(24)15-7-2-4-12-11-16-17(22)8-3-9-18(16)23-19(12)15/h1-11H. The molecule has 24 heavy (non-hydrogen) atoms. The number of carbonyl (C=O) groups excluding carboxylic acids is 1. The molecule has 4 aromatic rings. The molecule has 1 aromatic heterocycles. The molecule has 0 saturated carbocycles. The first-order valence-electron chi connectivity index (χ1n) is 7.42. The average Bonchev–Trinajstić information content (AvgIpc) is 2.59. The zero-order valence-electron chi connectivity index (χ0n) is 12.5. The Hall–Kier alpha value is -2.78. The Kier molecular flexibility index (Phi) is 3.51. The number of ketones is 1. The molecule has 0 aliphatic heterocycles. The summed E-state index contributed by atoms with van der Waals surface area (Å²) in [5.74, 6) is -0.486. The summed E-state index contributed by atoms with van der Waals surface area (Å²) >= 11 is 5.98. The Balaban J connectivity index is 1.97. The van der Waals surface area contributed by atoms with Crippen LogP contribution in [0.2, 0.25) is 5.02 Å². The Bertz CT molecular complexity index is 1110. The van der Waals surface area contributed by atoms with Crippen LogP contribution in [0.1, 0.15) is 15.9 Å². The Labute approximate surface area is 142 Å². The van der Waals surface area contributed by atoms with Crippen molar-refractivity contribution in [3.63, 3.8) is 0 Å². The number of fused-ring (bicyclic) bond motifs is 2. The van der Waals surface area contributed by atoms with E-state index in [4.69, 9.17) is 11.6 Å². The van der Waals surface area contributed by atoms with Crippen molar-refractivity contribution in [3.8, 4) is 0 Å². The predicted octanol–water partition coefficient (Wildman–Crippen LogP) is 5.41. The quantitative estimate of drug-likeness (QED) is 0.362. The molecule has 0 fully saturated rings. The maximum absolute atomic E-state index is 14.0. The number of para-hydroxylation sites is 1. The number of carbonyl (C=O) groups is 1. The van der Waals surface area contributed by atoms with Gasteiger partial charge in [0.05, 0.1) is 11.0 Å². The summed E-state index contributed by atoms with van der Waals surface area (Å²) in [7, 11) is 0. The number of aromatic nitrogens is 1. The zero-order chi connectivity index (χ0) is 16.7. The summed E-state index contributed by atoms with van der Waals surface area (Å²) in [6.45, 7) is 0. The van der Waals surface area contributed by atoms with Crippen LogP contribution in [-0.4, -0.2) is 10.8 Å². The molecule has 4 rings (SSSR count). The smallest absolute Gasteiger partial charge is 0.195 e. The maximum atomic E-state index is 14.0. The van der Waals surface area contributed by atoms with Gasteiger partial charge in [-0.3, -0.25) is 4.79 Å². The molecular weight excluding hydrogens is 325 g/mol. The molecule has 0 aliphatic carbocycles. The number of rotatable bonds is 2. The molecule has 116 valence electrons. The maximum Gasteiger partial charge on any atom is 0.195 e. The summed E-state index contributed by atoms with van der Waals surface area (Å²) in [5, 5.41) is 1.67. The fraction of sp³-hybridized carbons (Fsp3) is 0. The third-order valence-corrected chi connectivity index (χ3v) is 4.20. The van der Waals surface area contributed by atoms with Crippen LogP contribution in [0, 0.1) is 5.82 Å². The van der Waals surface area contributed by atoms with Gasteiger partial charge in [-0.1, -0.05) is 41.9 Å². The predicted molar refractivity (Wildman–Crippen MR) is 94.1 cm³/mol. The van der Waals surface area contributed by atoms with Gasteiger partial charge in [-0.25, -0.2) is 9.37 Å². The zero-order valence-corrected chi connectivity index (χ0v) is 13.2. The molecule has 0 bridgehead atoms. The minimum atomic E-state index is -0.325. The topological polar surface area (TPSA) is 30.0 Å². The summed E-state index contributed by atoms with van der Waals surface area (Å²) in [6, 6.07) is 18.6. The first-order valence-corrected chi connectivity index (χ1v) is 7.79. The highest BCUT2D eigenvalue weighted by Gasteiger charge is 2.15. The van der Waals surface area contributed by atoms with E-state index in [1.165, 1.54) is 6.07 Å². The van der Waals surface area contributed by atoms with Crippen molar-refractivity contribution in [2.75, 3.05) is 0 Å². The van der Waals surface area contributed by atoms with Gasteiger partial charge in [0.25, 0.3) is 0 Å². The molecule has 0 saturated heterocycles. The largest absolute Gasteiger partial charge is 0.289 e. The second-order valence-electron chi connectivity index (χ2n) is 5.51. The van der Waals surface area contributed by atoms with Gasteiger partial charge in [0, 0.05) is 26.9 Å². The van der Waals surface area contributed by atoms with Crippen molar-refractivity contribution in [2.24, 2.45) is 0 Å². The fourth-order valence-electron chi connectivity index (χ4n) is 2.81. The number of pyridine rings is 1. The first kappa shape index (κ1) is 14.8. The van der Waals surface area contributed by atoms with E-state index in [0.29, 0.717) is 32.6 Å². The van der Waals surface area contributed by atoms with Crippen LogP contribution in [0.5, 0.6) is 0 Å². The van der Waals surface area contributed by atoms with Crippen LogP contribution in [0.15, 0.2) is 66.7 Å².